The molecule has 0 aliphatic carbocycles. The summed E-state index contributed by atoms with van der Waals surface area (Å²) < 4.78 is 5.32. The van der Waals surface area contributed by atoms with Gasteiger partial charge in [0.15, 0.2) is 0 Å². The lowest BCUT2D eigenvalue weighted by atomic mass is 10.1. The van der Waals surface area contributed by atoms with Gasteiger partial charge in [0.25, 0.3) is 0 Å². The molecule has 0 radical (unpaired) electrons. The molecule has 0 saturated carbocycles. The molecule has 118 valence electrons. The number of hydrogen-bond donors (Lipinski definition) is 1. The molecule has 2 atom stereocenters. The second-order valence-corrected chi connectivity index (χ2v) is 6.17. The predicted octanol–water partition coefficient (Wildman–Crippen LogP) is 2.03. The quantitative estimate of drug-likeness (QED) is 0.872. The summed E-state index contributed by atoms with van der Waals surface area (Å²) >= 11 is 6.04. The van der Waals surface area contributed by atoms with Crippen molar-refractivity contribution in [1.29, 1.82) is 0 Å². The molecule has 1 aliphatic heterocycles. The number of nitrogens with zero attached hydrogens (tertiary/aromatic N) is 2. The van der Waals surface area contributed by atoms with E-state index in [4.69, 9.17) is 16.3 Å². The fourth-order valence-electron chi connectivity index (χ4n) is 2.65. The molecule has 1 N–H and O–H groups in total. The first kappa shape index (κ1) is 16.7. The zero-order valence-electron chi connectivity index (χ0n) is 12.8. The number of ether oxygens (including phenoxy) is 1. The van der Waals surface area contributed by atoms with Crippen molar-refractivity contribution in [3.63, 3.8) is 0 Å². The molecule has 0 bridgehead atoms. The fourth-order valence-corrected chi connectivity index (χ4v) is 2.85. The average molecular weight is 313 g/mol. The highest BCUT2D eigenvalue weighted by Gasteiger charge is 2.19. The Morgan fingerprint density at radius 2 is 2.10 bits per heavy atom. The smallest absolute Gasteiger partial charge is 0.0793 e. The summed E-state index contributed by atoms with van der Waals surface area (Å²) in [5.74, 6) is 0. The van der Waals surface area contributed by atoms with E-state index in [-0.39, 0.29) is 12.1 Å². The van der Waals surface area contributed by atoms with Crippen molar-refractivity contribution in [1.82, 2.24) is 9.80 Å². The first-order valence-corrected chi connectivity index (χ1v) is 7.88. The topological polar surface area (TPSA) is 35.9 Å². The lowest BCUT2D eigenvalue weighted by molar-refractivity contribution is 0.00626. The Labute approximate surface area is 132 Å². The number of halogens is 1. The number of morpholine rings is 1. The molecule has 0 amide bonds. The highest BCUT2D eigenvalue weighted by Crippen LogP contribution is 2.22. The second-order valence-electron chi connectivity index (χ2n) is 5.74. The molecular formula is C16H25ClN2O2. The minimum Gasteiger partial charge on any atom is -0.390 e. The van der Waals surface area contributed by atoms with Crippen molar-refractivity contribution in [3.05, 3.63) is 34.9 Å². The van der Waals surface area contributed by atoms with E-state index in [9.17, 15) is 5.11 Å². The Kier molecular flexibility index (Phi) is 6.45. The van der Waals surface area contributed by atoms with Gasteiger partial charge in [-0.3, -0.25) is 9.80 Å². The summed E-state index contributed by atoms with van der Waals surface area (Å²) in [5.41, 5.74) is 1.17. The van der Waals surface area contributed by atoms with Gasteiger partial charge in [-0.05, 0) is 31.7 Å². The third kappa shape index (κ3) is 5.24. The highest BCUT2D eigenvalue weighted by molar-refractivity contribution is 6.30. The Morgan fingerprint density at radius 3 is 2.76 bits per heavy atom. The number of likely N-dealkylation sites (N-methyl/N-ethyl adjacent to an activating group) is 1. The van der Waals surface area contributed by atoms with Crippen LogP contribution in [0.5, 0.6) is 0 Å². The number of benzene rings is 1. The van der Waals surface area contributed by atoms with Crippen molar-refractivity contribution >= 4 is 11.6 Å². The van der Waals surface area contributed by atoms with Crippen LogP contribution in [0.2, 0.25) is 5.02 Å². The Morgan fingerprint density at radius 1 is 1.38 bits per heavy atom. The van der Waals surface area contributed by atoms with Gasteiger partial charge in [0, 0.05) is 37.2 Å². The van der Waals surface area contributed by atoms with Crippen LogP contribution in [0.3, 0.4) is 0 Å². The van der Waals surface area contributed by atoms with E-state index in [1.807, 2.05) is 25.2 Å². The summed E-state index contributed by atoms with van der Waals surface area (Å²) in [4.78, 5) is 4.42. The van der Waals surface area contributed by atoms with Crippen LogP contribution in [0.4, 0.5) is 0 Å². The van der Waals surface area contributed by atoms with Crippen molar-refractivity contribution in [2.75, 3.05) is 46.4 Å². The number of aliphatic hydroxyl groups excluding tert-OH is 1. The van der Waals surface area contributed by atoms with E-state index in [0.29, 0.717) is 13.1 Å². The Hall–Kier alpha value is -0.650. The lowest BCUT2D eigenvalue weighted by Crippen LogP contribution is -2.44. The van der Waals surface area contributed by atoms with Gasteiger partial charge in [0.2, 0.25) is 0 Å². The molecule has 2 rings (SSSR count). The normalized spacial score (nSPS) is 19.7. The van der Waals surface area contributed by atoms with Crippen LogP contribution in [0.15, 0.2) is 24.3 Å². The third-order valence-corrected chi connectivity index (χ3v) is 4.30. The molecule has 1 fully saturated rings. The lowest BCUT2D eigenvalue weighted by Gasteiger charge is -2.32. The number of β-amino-alcohol motifs (C(OH)–C–C–N with tert-alkyl or cyclic N) is 1. The molecule has 0 aromatic heterocycles. The van der Waals surface area contributed by atoms with Gasteiger partial charge in [0.1, 0.15) is 0 Å². The summed E-state index contributed by atoms with van der Waals surface area (Å²) in [6, 6.07) is 8.12. The van der Waals surface area contributed by atoms with Crippen LogP contribution in [-0.2, 0) is 4.74 Å². The van der Waals surface area contributed by atoms with Gasteiger partial charge in [0.05, 0.1) is 19.3 Å². The van der Waals surface area contributed by atoms with Crippen molar-refractivity contribution in [2.45, 2.75) is 19.1 Å². The molecule has 4 nitrogen and oxygen atoms in total. The number of rotatable bonds is 6. The SMILES string of the molecule is CC(c1cccc(Cl)c1)N(C)CC(O)CN1CCOCC1. The molecule has 1 aromatic carbocycles. The van der Waals surface area contributed by atoms with E-state index in [2.05, 4.69) is 22.8 Å². The molecule has 1 aromatic rings. The van der Waals surface area contributed by atoms with Gasteiger partial charge in [-0.2, -0.15) is 0 Å². The average Bonchev–Trinajstić information content (AvgIpc) is 2.47. The van der Waals surface area contributed by atoms with Gasteiger partial charge in [-0.15, -0.1) is 0 Å². The van der Waals surface area contributed by atoms with Gasteiger partial charge in [-0.1, -0.05) is 23.7 Å². The van der Waals surface area contributed by atoms with Crippen molar-refractivity contribution in [2.24, 2.45) is 0 Å². The van der Waals surface area contributed by atoms with E-state index < -0.39 is 0 Å². The predicted molar refractivity (Wildman–Crippen MR) is 85.8 cm³/mol. The molecule has 1 saturated heterocycles. The van der Waals surface area contributed by atoms with E-state index in [0.717, 1.165) is 31.3 Å². The van der Waals surface area contributed by atoms with Crippen LogP contribution >= 0.6 is 11.6 Å². The van der Waals surface area contributed by atoms with Crippen LogP contribution in [-0.4, -0.2) is 67.5 Å². The first-order valence-electron chi connectivity index (χ1n) is 7.50. The minimum atomic E-state index is -0.352. The van der Waals surface area contributed by atoms with Gasteiger partial charge in [-0.25, -0.2) is 0 Å². The highest BCUT2D eigenvalue weighted by atomic mass is 35.5. The molecule has 2 unspecified atom stereocenters. The largest absolute Gasteiger partial charge is 0.390 e. The first-order chi connectivity index (χ1) is 10.1. The molecule has 5 heteroatoms. The fraction of sp³-hybridized carbons (Fsp3) is 0.625. The summed E-state index contributed by atoms with van der Waals surface area (Å²) in [7, 11) is 2.04. The number of hydrogen-bond acceptors (Lipinski definition) is 4. The maximum Gasteiger partial charge on any atom is 0.0793 e. The van der Waals surface area contributed by atoms with E-state index in [1.54, 1.807) is 0 Å². The van der Waals surface area contributed by atoms with E-state index in [1.165, 1.54) is 5.56 Å². The molecular weight excluding hydrogens is 288 g/mol. The summed E-state index contributed by atoms with van der Waals surface area (Å²) in [6.45, 7) is 6.83. The van der Waals surface area contributed by atoms with Crippen LogP contribution < -0.4 is 0 Å². The van der Waals surface area contributed by atoms with Crippen LogP contribution in [0, 0.1) is 0 Å². The summed E-state index contributed by atoms with van der Waals surface area (Å²) in [6.07, 6.45) is -0.352. The summed E-state index contributed by atoms with van der Waals surface area (Å²) in [5, 5.41) is 11.0. The maximum atomic E-state index is 10.3. The Balaban J connectivity index is 1.83. The molecule has 0 spiro atoms. The van der Waals surface area contributed by atoms with Crippen molar-refractivity contribution in [3.8, 4) is 0 Å². The Bertz CT molecular complexity index is 438. The molecule has 1 aliphatic rings. The molecule has 21 heavy (non-hydrogen) atoms. The van der Waals surface area contributed by atoms with Crippen molar-refractivity contribution < 1.29 is 9.84 Å². The van der Waals surface area contributed by atoms with Gasteiger partial charge < -0.3 is 9.84 Å². The monoisotopic (exact) mass is 312 g/mol. The van der Waals surface area contributed by atoms with Crippen LogP contribution in [0.25, 0.3) is 0 Å². The third-order valence-electron chi connectivity index (χ3n) is 4.06. The minimum absolute atomic E-state index is 0.225. The zero-order valence-corrected chi connectivity index (χ0v) is 13.6. The second kappa shape index (κ2) is 8.11. The van der Waals surface area contributed by atoms with Gasteiger partial charge >= 0.3 is 0 Å². The maximum absolute atomic E-state index is 10.3. The standard InChI is InChI=1S/C16H25ClN2O2/c1-13(14-4-3-5-15(17)10-14)18(2)11-16(20)12-19-6-8-21-9-7-19/h3-5,10,13,16,20H,6-9,11-12H2,1-2H3. The van der Waals surface area contributed by atoms with E-state index >= 15 is 0 Å². The molecule has 1 heterocycles. The van der Waals surface area contributed by atoms with Crippen LogP contribution in [0.1, 0.15) is 18.5 Å². The number of aliphatic hydroxyl groups is 1. The zero-order chi connectivity index (χ0) is 15.2.